The molecule has 140 valence electrons. The van der Waals surface area contributed by atoms with Gasteiger partial charge >= 0.3 is 5.97 Å². The van der Waals surface area contributed by atoms with E-state index in [2.05, 4.69) is 0 Å². The van der Waals surface area contributed by atoms with Crippen LogP contribution >= 0.6 is 0 Å². The van der Waals surface area contributed by atoms with Crippen LogP contribution in [0.25, 0.3) is 11.3 Å². The highest BCUT2D eigenvalue weighted by molar-refractivity contribution is 5.95. The Kier molecular flexibility index (Phi) is 4.13. The molecule has 4 rings (SSSR count). The number of carbonyl (C=O) groups excluding carboxylic acids is 2. The lowest BCUT2D eigenvalue weighted by molar-refractivity contribution is -0.149. The molecule has 27 heavy (non-hydrogen) atoms. The summed E-state index contributed by atoms with van der Waals surface area (Å²) >= 11 is 0. The molecule has 6 heteroatoms. The Morgan fingerprint density at radius 2 is 1.89 bits per heavy atom. The van der Waals surface area contributed by atoms with Crippen LogP contribution in [0.4, 0.5) is 0 Å². The average Bonchev–Trinajstić information content (AvgIpc) is 3.35. The van der Waals surface area contributed by atoms with Crippen molar-refractivity contribution in [2.24, 2.45) is 11.3 Å². The summed E-state index contributed by atoms with van der Waals surface area (Å²) < 4.78 is 5.74. The maximum absolute atomic E-state index is 12.8. The molecule has 0 spiro atoms. The van der Waals surface area contributed by atoms with Crippen LogP contribution in [0.5, 0.6) is 0 Å². The topological polar surface area (TPSA) is 87.8 Å². The zero-order valence-corrected chi connectivity index (χ0v) is 15.1. The summed E-state index contributed by atoms with van der Waals surface area (Å²) in [4.78, 5) is 37.6. The SMILES string of the molecule is CC(=O)c1ccc(-c2ccc(C(=O)N3C[C@@H]4CCC[C@@]4(C(=O)O)C3)o2)cc1. The van der Waals surface area contributed by atoms with E-state index in [4.69, 9.17) is 4.42 Å². The molecule has 1 aliphatic carbocycles. The first-order chi connectivity index (χ1) is 12.9. The third kappa shape index (κ3) is 2.85. The van der Waals surface area contributed by atoms with Crippen LogP contribution in [-0.2, 0) is 4.79 Å². The second kappa shape index (κ2) is 6.37. The largest absolute Gasteiger partial charge is 0.481 e. The van der Waals surface area contributed by atoms with Gasteiger partial charge in [-0.2, -0.15) is 0 Å². The Bertz CT molecular complexity index is 913. The molecule has 6 nitrogen and oxygen atoms in total. The number of furan rings is 1. The minimum absolute atomic E-state index is 0.0104. The van der Waals surface area contributed by atoms with Crippen molar-refractivity contribution < 1.29 is 23.9 Å². The van der Waals surface area contributed by atoms with Gasteiger partial charge in [-0.15, -0.1) is 0 Å². The predicted molar refractivity (Wildman–Crippen MR) is 97.5 cm³/mol. The molecule has 1 aliphatic heterocycles. The van der Waals surface area contributed by atoms with Crippen LogP contribution in [0, 0.1) is 11.3 Å². The number of hydrogen-bond donors (Lipinski definition) is 1. The third-order valence-corrected chi connectivity index (χ3v) is 5.98. The van der Waals surface area contributed by atoms with Gasteiger partial charge in [0.25, 0.3) is 5.91 Å². The van der Waals surface area contributed by atoms with Crippen LogP contribution in [0.3, 0.4) is 0 Å². The summed E-state index contributed by atoms with van der Waals surface area (Å²) in [6, 6.07) is 10.4. The van der Waals surface area contributed by atoms with E-state index in [-0.39, 0.29) is 29.9 Å². The number of aliphatic carboxylic acids is 1. The second-order valence-corrected chi connectivity index (χ2v) is 7.53. The Morgan fingerprint density at radius 1 is 1.15 bits per heavy atom. The monoisotopic (exact) mass is 367 g/mol. The average molecular weight is 367 g/mol. The number of rotatable bonds is 4. The molecular formula is C21H21NO5. The summed E-state index contributed by atoms with van der Waals surface area (Å²) in [5, 5.41) is 9.67. The number of hydrogen-bond acceptors (Lipinski definition) is 4. The first-order valence-electron chi connectivity index (χ1n) is 9.14. The van der Waals surface area contributed by atoms with E-state index in [0.717, 1.165) is 18.4 Å². The number of carboxylic acid groups (broad SMARTS) is 1. The zero-order valence-electron chi connectivity index (χ0n) is 15.1. The summed E-state index contributed by atoms with van der Waals surface area (Å²) in [6.45, 7) is 2.22. The molecule has 1 aromatic carbocycles. The molecule has 1 amide bonds. The van der Waals surface area contributed by atoms with E-state index in [1.165, 1.54) is 6.92 Å². The highest BCUT2D eigenvalue weighted by atomic mass is 16.4. The van der Waals surface area contributed by atoms with E-state index >= 15 is 0 Å². The molecule has 0 radical (unpaired) electrons. The Morgan fingerprint density at radius 3 is 2.52 bits per heavy atom. The molecule has 0 unspecified atom stereocenters. The van der Waals surface area contributed by atoms with Crippen molar-refractivity contribution in [1.82, 2.24) is 4.90 Å². The third-order valence-electron chi connectivity index (χ3n) is 5.98. The molecule has 2 aromatic rings. The van der Waals surface area contributed by atoms with Gasteiger partial charge in [-0.25, -0.2) is 0 Å². The smallest absolute Gasteiger partial charge is 0.311 e. The van der Waals surface area contributed by atoms with Gasteiger partial charge in [0, 0.05) is 24.2 Å². The van der Waals surface area contributed by atoms with Gasteiger partial charge < -0.3 is 14.4 Å². The van der Waals surface area contributed by atoms with E-state index in [0.29, 0.717) is 24.3 Å². The lowest BCUT2D eigenvalue weighted by atomic mass is 9.81. The molecule has 1 N–H and O–H groups in total. The number of carboxylic acids is 1. The van der Waals surface area contributed by atoms with Crippen LogP contribution in [0.1, 0.15) is 47.1 Å². The van der Waals surface area contributed by atoms with Crippen molar-refractivity contribution in [2.45, 2.75) is 26.2 Å². The number of nitrogens with zero attached hydrogens (tertiary/aromatic N) is 1. The number of amides is 1. The van der Waals surface area contributed by atoms with Gasteiger partial charge in [0.1, 0.15) is 5.76 Å². The molecule has 1 aromatic heterocycles. The van der Waals surface area contributed by atoms with Crippen LogP contribution < -0.4 is 0 Å². The van der Waals surface area contributed by atoms with Crippen molar-refractivity contribution >= 4 is 17.7 Å². The molecule has 1 saturated heterocycles. The summed E-state index contributed by atoms with van der Waals surface area (Å²) in [6.07, 6.45) is 2.38. The molecule has 0 bridgehead atoms. The quantitative estimate of drug-likeness (QED) is 0.836. The number of ketones is 1. The van der Waals surface area contributed by atoms with Crippen LogP contribution in [0.15, 0.2) is 40.8 Å². The molecule has 2 heterocycles. The fraction of sp³-hybridized carbons (Fsp3) is 0.381. The Hall–Kier alpha value is -2.89. The van der Waals surface area contributed by atoms with Crippen molar-refractivity contribution in [3.05, 3.63) is 47.7 Å². The molecular weight excluding hydrogens is 346 g/mol. The van der Waals surface area contributed by atoms with Gasteiger partial charge in [0.2, 0.25) is 0 Å². The van der Waals surface area contributed by atoms with Gasteiger partial charge in [-0.1, -0.05) is 30.7 Å². The lowest BCUT2D eigenvalue weighted by Gasteiger charge is -2.22. The summed E-state index contributed by atoms with van der Waals surface area (Å²) in [7, 11) is 0. The van der Waals surface area contributed by atoms with E-state index in [1.807, 2.05) is 0 Å². The molecule has 2 aliphatic rings. The molecule has 2 fully saturated rings. The Labute approximate surface area is 156 Å². The van der Waals surface area contributed by atoms with Crippen molar-refractivity contribution in [3.63, 3.8) is 0 Å². The van der Waals surface area contributed by atoms with Crippen molar-refractivity contribution in [2.75, 3.05) is 13.1 Å². The van der Waals surface area contributed by atoms with Crippen molar-refractivity contribution in [1.29, 1.82) is 0 Å². The second-order valence-electron chi connectivity index (χ2n) is 7.53. The number of benzene rings is 1. The van der Waals surface area contributed by atoms with Crippen LogP contribution in [-0.4, -0.2) is 40.8 Å². The number of Topliss-reactive ketones (excluding diaryl/α,β-unsaturated/α-hetero) is 1. The molecule has 2 atom stereocenters. The lowest BCUT2D eigenvalue weighted by Crippen LogP contribution is -2.37. The van der Waals surface area contributed by atoms with Gasteiger partial charge in [-0.3, -0.25) is 14.4 Å². The molecule has 1 saturated carbocycles. The summed E-state index contributed by atoms with van der Waals surface area (Å²) in [5.41, 5.74) is 0.594. The number of likely N-dealkylation sites (tertiary alicyclic amines) is 1. The van der Waals surface area contributed by atoms with Crippen molar-refractivity contribution in [3.8, 4) is 11.3 Å². The Balaban J connectivity index is 1.53. The fourth-order valence-corrected chi connectivity index (χ4v) is 4.43. The van der Waals surface area contributed by atoms with E-state index in [9.17, 15) is 19.5 Å². The standard InChI is InChI=1S/C21H21NO5/c1-13(23)14-4-6-15(7-5-14)17-8-9-18(27-17)19(24)22-11-16-3-2-10-21(16,12-22)20(25)26/h4-9,16H,2-3,10-12H2,1H3,(H,25,26)/t16-,21+/m0/s1. The highest BCUT2D eigenvalue weighted by Crippen LogP contribution is 2.49. The number of carbonyl (C=O) groups is 3. The summed E-state index contributed by atoms with van der Waals surface area (Å²) in [5.74, 6) is -0.305. The first kappa shape index (κ1) is 17.5. The number of fused-ring (bicyclic) bond motifs is 1. The minimum Gasteiger partial charge on any atom is -0.481 e. The first-order valence-corrected chi connectivity index (χ1v) is 9.14. The predicted octanol–water partition coefficient (Wildman–Crippen LogP) is 3.48. The van der Waals surface area contributed by atoms with E-state index < -0.39 is 11.4 Å². The zero-order chi connectivity index (χ0) is 19.2. The van der Waals surface area contributed by atoms with Gasteiger partial charge in [0.15, 0.2) is 11.5 Å². The van der Waals surface area contributed by atoms with Crippen LogP contribution in [0.2, 0.25) is 0 Å². The van der Waals surface area contributed by atoms with Gasteiger partial charge in [0.05, 0.1) is 5.41 Å². The highest BCUT2D eigenvalue weighted by Gasteiger charge is 2.56. The fourth-order valence-electron chi connectivity index (χ4n) is 4.43. The maximum atomic E-state index is 12.8. The normalized spacial score (nSPS) is 24.0. The van der Waals surface area contributed by atoms with E-state index in [1.54, 1.807) is 41.3 Å². The maximum Gasteiger partial charge on any atom is 0.311 e. The van der Waals surface area contributed by atoms with Gasteiger partial charge in [-0.05, 0) is 37.8 Å². The minimum atomic E-state index is -0.800.